The highest BCUT2D eigenvalue weighted by Crippen LogP contribution is 2.14. The van der Waals surface area contributed by atoms with Crippen LogP contribution < -0.4 is 10.5 Å². The molecule has 3 N–H and O–H groups in total. The van der Waals surface area contributed by atoms with Gasteiger partial charge >= 0.3 is 0 Å². The molecule has 2 rings (SSSR count). The van der Waals surface area contributed by atoms with Crippen LogP contribution in [-0.4, -0.2) is 49.0 Å². The first-order valence-corrected chi connectivity index (χ1v) is 8.29. The van der Waals surface area contributed by atoms with Crippen molar-refractivity contribution >= 4 is 27.2 Å². The minimum atomic E-state index is -3.48. The summed E-state index contributed by atoms with van der Waals surface area (Å²) in [6.07, 6.45) is 4.40. The zero-order chi connectivity index (χ0) is 14.6. The van der Waals surface area contributed by atoms with Gasteiger partial charge in [-0.15, -0.1) is 0 Å². The van der Waals surface area contributed by atoms with Gasteiger partial charge < -0.3 is 5.73 Å². The number of nitrogens with zero attached hydrogens (tertiary/aromatic N) is 2. The van der Waals surface area contributed by atoms with Crippen LogP contribution in [0.3, 0.4) is 0 Å². The minimum Gasteiger partial charge on any atom is -0.392 e. The molecule has 0 aliphatic carbocycles. The van der Waals surface area contributed by atoms with Gasteiger partial charge in [-0.05, 0) is 25.0 Å². The second kappa shape index (κ2) is 6.57. The molecule has 1 saturated heterocycles. The number of hydrogen-bond donors (Lipinski definition) is 2. The topological polar surface area (TPSA) is 88.3 Å². The van der Waals surface area contributed by atoms with E-state index < -0.39 is 10.0 Å². The Morgan fingerprint density at radius 1 is 1.50 bits per heavy atom. The molecule has 0 radical (unpaired) electrons. The summed E-state index contributed by atoms with van der Waals surface area (Å²) < 4.78 is 27.0. The van der Waals surface area contributed by atoms with E-state index in [0.717, 1.165) is 25.9 Å². The predicted molar refractivity (Wildman–Crippen MR) is 80.8 cm³/mol. The molecule has 0 aromatic carbocycles. The summed E-state index contributed by atoms with van der Waals surface area (Å²) in [5, 5.41) is 0. The van der Waals surface area contributed by atoms with E-state index in [2.05, 4.69) is 14.6 Å². The third-order valence-corrected chi connectivity index (χ3v) is 4.87. The van der Waals surface area contributed by atoms with Crippen LogP contribution in [0.2, 0.25) is 0 Å². The Morgan fingerprint density at radius 3 is 2.75 bits per heavy atom. The molecule has 0 atom stereocenters. The molecule has 6 nitrogen and oxygen atoms in total. The Morgan fingerprint density at radius 2 is 2.20 bits per heavy atom. The monoisotopic (exact) mass is 314 g/mol. The number of thiocarbonyl (C=S) groups is 1. The molecule has 20 heavy (non-hydrogen) atoms. The largest absolute Gasteiger partial charge is 0.392 e. The first kappa shape index (κ1) is 15.3. The fourth-order valence-electron chi connectivity index (χ4n) is 2.22. The quantitative estimate of drug-likeness (QED) is 0.750. The van der Waals surface area contributed by atoms with Crippen LogP contribution in [0.4, 0.5) is 0 Å². The number of rotatable bonds is 5. The zero-order valence-electron chi connectivity index (χ0n) is 11.0. The van der Waals surface area contributed by atoms with Crippen LogP contribution in [0.1, 0.15) is 12.8 Å². The Balaban J connectivity index is 1.91. The number of piperidine rings is 1. The minimum absolute atomic E-state index is 0.0530. The summed E-state index contributed by atoms with van der Waals surface area (Å²) in [5.41, 5.74) is 5.51. The summed E-state index contributed by atoms with van der Waals surface area (Å²) in [4.78, 5) is 6.64. The lowest BCUT2D eigenvalue weighted by molar-refractivity contribution is 0.233. The average Bonchev–Trinajstić information content (AvgIpc) is 2.41. The Labute approximate surface area is 124 Å². The van der Waals surface area contributed by atoms with Crippen LogP contribution in [0, 0.1) is 0 Å². The lowest BCUT2D eigenvalue weighted by Gasteiger charge is -2.31. The van der Waals surface area contributed by atoms with Crippen molar-refractivity contribution in [1.82, 2.24) is 14.6 Å². The van der Waals surface area contributed by atoms with Crippen molar-refractivity contribution < 1.29 is 8.42 Å². The van der Waals surface area contributed by atoms with Gasteiger partial charge in [0.2, 0.25) is 10.0 Å². The van der Waals surface area contributed by atoms with Gasteiger partial charge in [-0.2, -0.15) is 0 Å². The molecule has 0 unspecified atom stereocenters. The van der Waals surface area contributed by atoms with Crippen molar-refractivity contribution in [1.29, 1.82) is 0 Å². The number of nitrogens with two attached hydrogens (primary N) is 1. The molecular formula is C12H18N4O2S2. The summed E-state index contributed by atoms with van der Waals surface area (Å²) in [5.74, 6) is 0. The first-order valence-electron chi connectivity index (χ1n) is 6.40. The van der Waals surface area contributed by atoms with Gasteiger partial charge in [0.25, 0.3) is 0 Å². The Bertz CT molecular complexity index is 554. The van der Waals surface area contributed by atoms with E-state index in [1.165, 1.54) is 12.3 Å². The number of nitrogens with one attached hydrogen (secondary N) is 1. The van der Waals surface area contributed by atoms with Gasteiger partial charge in [0.15, 0.2) is 0 Å². The number of pyridine rings is 1. The van der Waals surface area contributed by atoms with Crippen LogP contribution >= 0.6 is 12.2 Å². The average molecular weight is 314 g/mol. The molecule has 0 spiro atoms. The van der Waals surface area contributed by atoms with Crippen molar-refractivity contribution in [2.75, 3.05) is 19.6 Å². The van der Waals surface area contributed by atoms with Crippen LogP contribution in [0.25, 0.3) is 0 Å². The lowest BCUT2D eigenvalue weighted by atomic mass is 10.1. The van der Waals surface area contributed by atoms with E-state index in [9.17, 15) is 8.42 Å². The van der Waals surface area contributed by atoms with Crippen molar-refractivity contribution in [2.24, 2.45) is 5.73 Å². The second-order valence-corrected chi connectivity index (χ2v) is 7.07. The maximum Gasteiger partial charge on any atom is 0.242 e. The van der Waals surface area contributed by atoms with Gasteiger partial charge in [0.05, 0.1) is 4.99 Å². The van der Waals surface area contributed by atoms with Gasteiger partial charge in [0, 0.05) is 38.1 Å². The molecule has 1 aliphatic heterocycles. The normalized spacial score (nSPS) is 18.0. The van der Waals surface area contributed by atoms with Crippen LogP contribution in [0.5, 0.6) is 0 Å². The van der Waals surface area contributed by atoms with Crippen molar-refractivity contribution in [2.45, 2.75) is 23.8 Å². The highest BCUT2D eigenvalue weighted by atomic mass is 32.2. The van der Waals surface area contributed by atoms with Gasteiger partial charge in [-0.1, -0.05) is 12.2 Å². The van der Waals surface area contributed by atoms with E-state index in [0.29, 0.717) is 11.5 Å². The molecule has 1 fully saturated rings. The highest BCUT2D eigenvalue weighted by molar-refractivity contribution is 7.89. The SMILES string of the molecule is NC(=S)CN1CCC(NS(=O)(=O)c2cccnc2)CC1. The zero-order valence-corrected chi connectivity index (χ0v) is 12.7. The first-order chi connectivity index (χ1) is 9.47. The Kier molecular flexibility index (Phi) is 5.03. The lowest BCUT2D eigenvalue weighted by Crippen LogP contribution is -2.46. The third-order valence-electron chi connectivity index (χ3n) is 3.23. The number of aromatic nitrogens is 1. The third kappa shape index (κ3) is 4.20. The van der Waals surface area contributed by atoms with E-state index in [1.54, 1.807) is 12.3 Å². The van der Waals surface area contributed by atoms with E-state index in [-0.39, 0.29) is 10.9 Å². The van der Waals surface area contributed by atoms with Gasteiger partial charge in [0.1, 0.15) is 4.90 Å². The molecule has 2 heterocycles. The molecule has 0 bridgehead atoms. The van der Waals surface area contributed by atoms with Crippen LogP contribution in [-0.2, 0) is 10.0 Å². The molecule has 1 aromatic heterocycles. The van der Waals surface area contributed by atoms with Crippen LogP contribution in [0.15, 0.2) is 29.4 Å². The molecule has 8 heteroatoms. The second-order valence-electron chi connectivity index (χ2n) is 4.83. The van der Waals surface area contributed by atoms with Crippen molar-refractivity contribution in [3.63, 3.8) is 0 Å². The number of hydrogen-bond acceptors (Lipinski definition) is 5. The maximum absolute atomic E-state index is 12.2. The highest BCUT2D eigenvalue weighted by Gasteiger charge is 2.24. The number of likely N-dealkylation sites (tertiary alicyclic amines) is 1. The molecule has 1 aromatic rings. The predicted octanol–water partition coefficient (Wildman–Crippen LogP) is 0.110. The number of sulfonamides is 1. The van der Waals surface area contributed by atoms with Gasteiger partial charge in [-0.25, -0.2) is 13.1 Å². The fourth-order valence-corrected chi connectivity index (χ4v) is 3.67. The smallest absolute Gasteiger partial charge is 0.242 e. The van der Waals surface area contributed by atoms with E-state index in [4.69, 9.17) is 18.0 Å². The molecule has 0 saturated carbocycles. The maximum atomic E-state index is 12.2. The summed E-state index contributed by atoms with van der Waals surface area (Å²) in [7, 11) is -3.48. The summed E-state index contributed by atoms with van der Waals surface area (Å²) in [6.45, 7) is 2.17. The summed E-state index contributed by atoms with van der Waals surface area (Å²) >= 11 is 4.87. The Hall–Kier alpha value is -1.09. The van der Waals surface area contributed by atoms with E-state index in [1.807, 2.05) is 0 Å². The van der Waals surface area contributed by atoms with Gasteiger partial charge in [-0.3, -0.25) is 9.88 Å². The summed E-state index contributed by atoms with van der Waals surface area (Å²) in [6, 6.07) is 3.10. The van der Waals surface area contributed by atoms with Crippen molar-refractivity contribution in [3.8, 4) is 0 Å². The van der Waals surface area contributed by atoms with Crippen molar-refractivity contribution in [3.05, 3.63) is 24.5 Å². The molecule has 110 valence electrons. The standard InChI is InChI=1S/C12H18N4O2S2/c13-12(19)9-16-6-3-10(4-7-16)15-20(17,18)11-2-1-5-14-8-11/h1-2,5,8,10,15H,3-4,6-7,9H2,(H2,13,19). The molecule has 0 amide bonds. The molecular weight excluding hydrogens is 296 g/mol. The fraction of sp³-hybridized carbons (Fsp3) is 0.500. The van der Waals surface area contributed by atoms with E-state index >= 15 is 0 Å². The molecule has 1 aliphatic rings.